The van der Waals surface area contributed by atoms with Crippen LogP contribution in [0, 0.1) is 0 Å². The van der Waals surface area contributed by atoms with Gasteiger partial charge in [-0.1, -0.05) is 18.2 Å². The molecule has 4 rings (SSSR count). The highest BCUT2D eigenvalue weighted by molar-refractivity contribution is 7.89. The molecule has 172 valence electrons. The molecule has 2 aromatic rings. The topological polar surface area (TPSA) is 89.0 Å². The van der Waals surface area contributed by atoms with Gasteiger partial charge in [0, 0.05) is 19.9 Å². The number of pyridine rings is 1. The van der Waals surface area contributed by atoms with E-state index in [1.165, 1.54) is 0 Å². The van der Waals surface area contributed by atoms with Gasteiger partial charge in [-0.2, -0.15) is 4.31 Å². The Hall–Kier alpha value is -2.49. The molecule has 3 heterocycles. The highest BCUT2D eigenvalue weighted by Crippen LogP contribution is 2.38. The average Bonchev–Trinajstić information content (AvgIpc) is 3.47. The SMILES string of the molecule is CO[C@@H]1CN(C=O)C[C@H]1Oc1cccc(C(C)S(=O)(=O)N2CCC[C@H]2c2ccccn2)c1. The number of carbonyl (C=O) groups excluding carboxylic acids is 1. The number of aromatic nitrogens is 1. The van der Waals surface area contributed by atoms with E-state index in [9.17, 15) is 13.2 Å². The Morgan fingerprint density at radius 3 is 2.69 bits per heavy atom. The zero-order chi connectivity index (χ0) is 22.7. The van der Waals surface area contributed by atoms with Gasteiger partial charge in [0.1, 0.15) is 18.0 Å². The second kappa shape index (κ2) is 9.56. The number of likely N-dealkylation sites (tertiary alicyclic amines) is 1. The molecule has 0 spiro atoms. The van der Waals surface area contributed by atoms with Crippen molar-refractivity contribution in [1.82, 2.24) is 14.2 Å². The first-order chi connectivity index (χ1) is 15.4. The van der Waals surface area contributed by atoms with Crippen molar-refractivity contribution >= 4 is 16.4 Å². The molecule has 0 aliphatic carbocycles. The largest absolute Gasteiger partial charge is 0.486 e. The third kappa shape index (κ3) is 4.51. The molecular formula is C23H29N3O5S. The van der Waals surface area contributed by atoms with Gasteiger partial charge in [-0.05, 0) is 49.6 Å². The number of carbonyl (C=O) groups is 1. The van der Waals surface area contributed by atoms with Crippen molar-refractivity contribution < 1.29 is 22.7 Å². The molecule has 0 radical (unpaired) electrons. The average molecular weight is 460 g/mol. The Labute approximate surface area is 189 Å². The summed E-state index contributed by atoms with van der Waals surface area (Å²) in [4.78, 5) is 17.1. The van der Waals surface area contributed by atoms with E-state index in [4.69, 9.17) is 9.47 Å². The third-order valence-electron chi connectivity index (χ3n) is 6.32. The van der Waals surface area contributed by atoms with E-state index in [2.05, 4.69) is 4.98 Å². The van der Waals surface area contributed by atoms with E-state index in [1.807, 2.05) is 18.2 Å². The molecule has 2 aliphatic heterocycles. The minimum Gasteiger partial charge on any atom is -0.486 e. The predicted octanol–water partition coefficient (Wildman–Crippen LogP) is 2.54. The molecule has 0 bridgehead atoms. The molecule has 1 aromatic carbocycles. The lowest BCUT2D eigenvalue weighted by Crippen LogP contribution is -2.34. The molecule has 0 N–H and O–H groups in total. The first kappa shape index (κ1) is 22.7. The predicted molar refractivity (Wildman–Crippen MR) is 120 cm³/mol. The summed E-state index contributed by atoms with van der Waals surface area (Å²) in [5, 5.41) is -0.733. The van der Waals surface area contributed by atoms with Crippen molar-refractivity contribution in [2.24, 2.45) is 0 Å². The van der Waals surface area contributed by atoms with Gasteiger partial charge in [0.15, 0.2) is 0 Å². The summed E-state index contributed by atoms with van der Waals surface area (Å²) in [7, 11) is -2.01. The quantitative estimate of drug-likeness (QED) is 0.564. The fourth-order valence-corrected chi connectivity index (χ4v) is 6.35. The maximum atomic E-state index is 13.5. The molecule has 0 saturated carbocycles. The zero-order valence-electron chi connectivity index (χ0n) is 18.3. The zero-order valence-corrected chi connectivity index (χ0v) is 19.1. The van der Waals surface area contributed by atoms with Crippen LogP contribution in [0.3, 0.4) is 0 Å². The van der Waals surface area contributed by atoms with E-state index in [1.54, 1.807) is 53.7 Å². The van der Waals surface area contributed by atoms with E-state index < -0.39 is 15.3 Å². The second-order valence-electron chi connectivity index (χ2n) is 8.27. The molecule has 2 aliphatic rings. The van der Waals surface area contributed by atoms with Crippen molar-refractivity contribution in [3.05, 3.63) is 59.9 Å². The highest BCUT2D eigenvalue weighted by Gasteiger charge is 2.39. The van der Waals surface area contributed by atoms with Crippen LogP contribution in [-0.4, -0.2) is 68.0 Å². The summed E-state index contributed by atoms with van der Waals surface area (Å²) in [6, 6.07) is 12.5. The fourth-order valence-electron chi connectivity index (χ4n) is 4.50. The maximum absolute atomic E-state index is 13.5. The van der Waals surface area contributed by atoms with Crippen molar-refractivity contribution in [1.29, 1.82) is 0 Å². The number of ether oxygens (including phenoxy) is 2. The van der Waals surface area contributed by atoms with Crippen LogP contribution in [0.25, 0.3) is 0 Å². The van der Waals surface area contributed by atoms with Crippen LogP contribution < -0.4 is 4.74 Å². The minimum absolute atomic E-state index is 0.228. The van der Waals surface area contributed by atoms with Crippen molar-refractivity contribution in [2.75, 3.05) is 26.7 Å². The molecule has 2 fully saturated rings. The Balaban J connectivity index is 1.53. The molecule has 32 heavy (non-hydrogen) atoms. The summed E-state index contributed by atoms with van der Waals surface area (Å²) in [6.45, 7) is 3.10. The number of amides is 1. The Kier molecular flexibility index (Phi) is 6.78. The first-order valence-corrected chi connectivity index (χ1v) is 12.3. The summed E-state index contributed by atoms with van der Waals surface area (Å²) in [5.74, 6) is 0.562. The van der Waals surface area contributed by atoms with Crippen molar-refractivity contribution in [3.8, 4) is 5.75 Å². The molecule has 2 saturated heterocycles. The molecule has 8 nitrogen and oxygen atoms in total. The lowest BCUT2D eigenvalue weighted by molar-refractivity contribution is -0.117. The lowest BCUT2D eigenvalue weighted by Gasteiger charge is -2.27. The van der Waals surface area contributed by atoms with Crippen LogP contribution in [0.5, 0.6) is 5.75 Å². The lowest BCUT2D eigenvalue weighted by atomic mass is 10.1. The normalized spacial score (nSPS) is 25.1. The van der Waals surface area contributed by atoms with Gasteiger partial charge >= 0.3 is 0 Å². The fraction of sp³-hybridized carbons (Fsp3) is 0.478. The minimum atomic E-state index is -3.60. The number of hydrogen-bond acceptors (Lipinski definition) is 6. The Morgan fingerprint density at radius 1 is 1.16 bits per heavy atom. The monoisotopic (exact) mass is 459 g/mol. The van der Waals surface area contributed by atoms with Crippen molar-refractivity contribution in [2.45, 2.75) is 43.3 Å². The van der Waals surface area contributed by atoms with Crippen LogP contribution in [-0.2, 0) is 19.6 Å². The first-order valence-electron chi connectivity index (χ1n) is 10.8. The number of sulfonamides is 1. The Morgan fingerprint density at radius 2 is 1.97 bits per heavy atom. The van der Waals surface area contributed by atoms with Gasteiger partial charge in [-0.25, -0.2) is 8.42 Å². The number of nitrogens with zero attached hydrogens (tertiary/aromatic N) is 3. The number of benzene rings is 1. The third-order valence-corrected chi connectivity index (χ3v) is 8.57. The van der Waals surface area contributed by atoms with Gasteiger partial charge < -0.3 is 14.4 Å². The van der Waals surface area contributed by atoms with E-state index in [0.717, 1.165) is 24.9 Å². The summed E-state index contributed by atoms with van der Waals surface area (Å²) < 4.78 is 40.2. The van der Waals surface area contributed by atoms with E-state index in [0.29, 0.717) is 30.9 Å². The van der Waals surface area contributed by atoms with Gasteiger partial charge in [0.05, 0.1) is 30.1 Å². The standard InChI is InChI=1S/C23H29N3O5S/c1-17(32(28,29)26-12-6-10-21(26)20-9-3-4-11-24-20)18-7-5-8-19(13-18)31-23-15-25(16-27)14-22(23)30-2/h3-5,7-9,11,13,16-17,21-23H,6,10,12,14-15H2,1-2H3/t17?,21-,22+,23+/m0/s1. The van der Waals surface area contributed by atoms with Gasteiger partial charge in [-0.3, -0.25) is 9.78 Å². The summed E-state index contributed by atoms with van der Waals surface area (Å²) >= 11 is 0. The van der Waals surface area contributed by atoms with Crippen LogP contribution >= 0.6 is 0 Å². The van der Waals surface area contributed by atoms with Crippen LogP contribution in [0.4, 0.5) is 0 Å². The molecule has 1 amide bonds. The van der Waals surface area contributed by atoms with Crippen LogP contribution in [0.2, 0.25) is 0 Å². The van der Waals surface area contributed by atoms with Crippen LogP contribution in [0.15, 0.2) is 48.7 Å². The van der Waals surface area contributed by atoms with Gasteiger partial charge in [-0.15, -0.1) is 0 Å². The van der Waals surface area contributed by atoms with E-state index in [-0.39, 0.29) is 18.2 Å². The molecule has 1 unspecified atom stereocenters. The second-order valence-corrected chi connectivity index (χ2v) is 10.5. The number of rotatable bonds is 8. The number of methoxy groups -OCH3 is 1. The summed E-state index contributed by atoms with van der Waals surface area (Å²) in [5.41, 5.74) is 1.44. The molecule has 1 aromatic heterocycles. The molecular weight excluding hydrogens is 430 g/mol. The van der Waals surface area contributed by atoms with Crippen molar-refractivity contribution in [3.63, 3.8) is 0 Å². The highest BCUT2D eigenvalue weighted by atomic mass is 32.2. The molecule has 4 atom stereocenters. The van der Waals surface area contributed by atoms with Crippen LogP contribution in [0.1, 0.15) is 42.3 Å². The maximum Gasteiger partial charge on any atom is 0.221 e. The smallest absolute Gasteiger partial charge is 0.221 e. The van der Waals surface area contributed by atoms with E-state index >= 15 is 0 Å². The van der Waals surface area contributed by atoms with Gasteiger partial charge in [0.25, 0.3) is 0 Å². The molecule has 9 heteroatoms. The summed E-state index contributed by atoms with van der Waals surface area (Å²) in [6.07, 6.45) is 3.52. The Bertz CT molecular complexity index is 1030. The number of hydrogen-bond donors (Lipinski definition) is 0. The van der Waals surface area contributed by atoms with Gasteiger partial charge in [0.2, 0.25) is 16.4 Å².